The third-order valence-electron chi connectivity index (χ3n) is 5.29. The van der Waals surface area contributed by atoms with E-state index in [0.29, 0.717) is 33.3 Å². The minimum Gasteiger partial charge on any atom is -0.507 e. The van der Waals surface area contributed by atoms with Crippen molar-refractivity contribution in [3.63, 3.8) is 0 Å². The van der Waals surface area contributed by atoms with E-state index >= 15 is 0 Å². The molecule has 2 aliphatic rings. The molecule has 2 aliphatic heterocycles. The number of carbonyl (C=O) groups excluding carboxylic acids is 2. The van der Waals surface area contributed by atoms with Gasteiger partial charge in [-0.05, 0) is 35.9 Å². The molecule has 3 aromatic rings. The van der Waals surface area contributed by atoms with Gasteiger partial charge in [-0.25, -0.2) is 0 Å². The number of hydrogen-bond donors (Lipinski definition) is 1. The fraction of sp³-hybridized carbons (Fsp3) is 0.0833. The number of ketones is 1. The second-order valence-electron chi connectivity index (χ2n) is 7.13. The summed E-state index contributed by atoms with van der Waals surface area (Å²) in [7, 11) is 0. The Morgan fingerprint density at radius 3 is 2.48 bits per heavy atom. The molecule has 0 saturated carbocycles. The highest BCUT2D eigenvalue weighted by atomic mass is 35.5. The average Bonchev–Trinajstić information content (AvgIpc) is 3.36. The number of benzene rings is 3. The van der Waals surface area contributed by atoms with Crippen LogP contribution in [0.3, 0.4) is 0 Å². The van der Waals surface area contributed by atoms with Gasteiger partial charge in [0.05, 0.1) is 11.6 Å². The summed E-state index contributed by atoms with van der Waals surface area (Å²) < 4.78 is 10.9. The topological polar surface area (TPSA) is 76.1 Å². The Kier molecular flexibility index (Phi) is 4.64. The third kappa shape index (κ3) is 3.21. The van der Waals surface area contributed by atoms with Crippen molar-refractivity contribution in [3.8, 4) is 11.5 Å². The van der Waals surface area contributed by atoms with Crippen molar-refractivity contribution in [1.82, 2.24) is 0 Å². The van der Waals surface area contributed by atoms with Gasteiger partial charge in [-0.1, -0.05) is 54.1 Å². The van der Waals surface area contributed by atoms with E-state index in [9.17, 15) is 14.7 Å². The molecular formula is C24H16ClNO5. The molecule has 1 saturated heterocycles. The van der Waals surface area contributed by atoms with Crippen molar-refractivity contribution in [2.45, 2.75) is 6.04 Å². The number of carbonyl (C=O) groups is 2. The number of rotatable bonds is 3. The molecule has 31 heavy (non-hydrogen) atoms. The molecule has 1 N–H and O–H groups in total. The van der Waals surface area contributed by atoms with Crippen molar-refractivity contribution in [1.29, 1.82) is 0 Å². The number of Topliss-reactive ketones (excluding diaryl/α,β-unsaturated/α-hetero) is 1. The number of hydrogen-bond acceptors (Lipinski definition) is 5. The molecule has 0 aliphatic carbocycles. The van der Waals surface area contributed by atoms with Crippen LogP contribution in [0.5, 0.6) is 11.5 Å². The van der Waals surface area contributed by atoms with E-state index in [2.05, 4.69) is 0 Å². The molecule has 154 valence electrons. The number of ether oxygens (including phenoxy) is 2. The zero-order valence-electron chi connectivity index (χ0n) is 16.1. The van der Waals surface area contributed by atoms with Crippen LogP contribution in [0.15, 0.2) is 78.4 Å². The second-order valence-corrected chi connectivity index (χ2v) is 7.56. The van der Waals surface area contributed by atoms with Crippen LogP contribution in [0.25, 0.3) is 5.76 Å². The lowest BCUT2D eigenvalue weighted by atomic mass is 9.95. The van der Waals surface area contributed by atoms with Crippen molar-refractivity contribution in [2.24, 2.45) is 0 Å². The number of anilines is 1. The number of fused-ring (bicyclic) bond motifs is 1. The molecule has 3 aromatic carbocycles. The Labute approximate surface area is 182 Å². The highest BCUT2D eigenvalue weighted by Gasteiger charge is 2.47. The zero-order valence-corrected chi connectivity index (χ0v) is 16.9. The van der Waals surface area contributed by atoms with Gasteiger partial charge in [0.1, 0.15) is 5.76 Å². The third-order valence-corrected chi connectivity index (χ3v) is 5.53. The summed E-state index contributed by atoms with van der Waals surface area (Å²) in [6.45, 7) is 0.0945. The van der Waals surface area contributed by atoms with Crippen LogP contribution in [0.4, 0.5) is 5.69 Å². The largest absolute Gasteiger partial charge is 0.507 e. The van der Waals surface area contributed by atoms with Crippen LogP contribution >= 0.6 is 11.6 Å². The van der Waals surface area contributed by atoms with Crippen LogP contribution in [0.1, 0.15) is 17.2 Å². The lowest BCUT2D eigenvalue weighted by Crippen LogP contribution is -2.29. The molecule has 1 fully saturated rings. The maximum absolute atomic E-state index is 13.1. The van der Waals surface area contributed by atoms with E-state index in [-0.39, 0.29) is 18.1 Å². The molecule has 1 atom stereocenters. The van der Waals surface area contributed by atoms with Gasteiger partial charge >= 0.3 is 0 Å². The summed E-state index contributed by atoms with van der Waals surface area (Å²) in [6, 6.07) is 19.7. The van der Waals surface area contributed by atoms with Gasteiger partial charge in [0.25, 0.3) is 11.7 Å². The van der Waals surface area contributed by atoms with E-state index in [1.54, 1.807) is 72.8 Å². The van der Waals surface area contributed by atoms with Crippen LogP contribution in [0, 0.1) is 0 Å². The Morgan fingerprint density at radius 1 is 0.935 bits per heavy atom. The molecule has 1 amide bonds. The molecule has 5 rings (SSSR count). The minimum atomic E-state index is -0.867. The number of nitrogens with zero attached hydrogens (tertiary/aromatic N) is 1. The first-order valence-electron chi connectivity index (χ1n) is 9.56. The minimum absolute atomic E-state index is 0.00459. The summed E-state index contributed by atoms with van der Waals surface area (Å²) in [5, 5.41) is 11.5. The summed E-state index contributed by atoms with van der Waals surface area (Å²) in [5.41, 5.74) is 1.48. The lowest BCUT2D eigenvalue weighted by Gasteiger charge is -2.25. The van der Waals surface area contributed by atoms with E-state index in [1.807, 2.05) is 0 Å². The van der Waals surface area contributed by atoms with E-state index < -0.39 is 17.7 Å². The Bertz CT molecular complexity index is 1240. The molecular weight excluding hydrogens is 418 g/mol. The monoisotopic (exact) mass is 433 g/mol. The zero-order chi connectivity index (χ0) is 21.5. The number of aliphatic hydroxyl groups is 1. The van der Waals surface area contributed by atoms with Crippen LogP contribution in [-0.4, -0.2) is 23.6 Å². The molecule has 2 heterocycles. The maximum Gasteiger partial charge on any atom is 0.300 e. The van der Waals surface area contributed by atoms with E-state index in [1.165, 1.54) is 4.90 Å². The van der Waals surface area contributed by atoms with Gasteiger partial charge in [0.2, 0.25) is 6.79 Å². The fourth-order valence-electron chi connectivity index (χ4n) is 3.87. The fourth-order valence-corrected chi connectivity index (χ4v) is 4.06. The summed E-state index contributed by atoms with van der Waals surface area (Å²) in [6.07, 6.45) is 0. The van der Waals surface area contributed by atoms with Crippen LogP contribution in [0.2, 0.25) is 5.02 Å². The molecule has 0 spiro atoms. The van der Waals surface area contributed by atoms with Gasteiger partial charge < -0.3 is 14.6 Å². The van der Waals surface area contributed by atoms with Gasteiger partial charge in [-0.15, -0.1) is 0 Å². The van der Waals surface area contributed by atoms with Crippen LogP contribution < -0.4 is 14.4 Å². The highest BCUT2D eigenvalue weighted by Crippen LogP contribution is 2.45. The first-order chi connectivity index (χ1) is 15.0. The summed E-state index contributed by atoms with van der Waals surface area (Å²) in [5.74, 6) is -0.682. The van der Waals surface area contributed by atoms with Gasteiger partial charge in [0.15, 0.2) is 11.5 Å². The normalized spacial score (nSPS) is 19.1. The summed E-state index contributed by atoms with van der Waals surface area (Å²) >= 11 is 6.15. The quantitative estimate of drug-likeness (QED) is 0.368. The number of amides is 1. The average molecular weight is 434 g/mol. The predicted molar refractivity (Wildman–Crippen MR) is 115 cm³/mol. The Hall–Kier alpha value is -3.77. The van der Waals surface area contributed by atoms with Crippen molar-refractivity contribution < 1.29 is 24.2 Å². The van der Waals surface area contributed by atoms with Crippen molar-refractivity contribution in [2.75, 3.05) is 11.7 Å². The van der Waals surface area contributed by atoms with Crippen LogP contribution in [-0.2, 0) is 9.59 Å². The van der Waals surface area contributed by atoms with Gasteiger partial charge in [-0.3, -0.25) is 14.5 Å². The Balaban J connectivity index is 1.73. The van der Waals surface area contributed by atoms with E-state index in [0.717, 1.165) is 0 Å². The number of halogens is 1. The van der Waals surface area contributed by atoms with Crippen molar-refractivity contribution in [3.05, 3.63) is 94.5 Å². The molecule has 1 unspecified atom stereocenters. The van der Waals surface area contributed by atoms with Gasteiger partial charge in [-0.2, -0.15) is 0 Å². The SMILES string of the molecule is O=C1C(=O)N(c2cccc(Cl)c2)C(c2ccc3c(c2)OCO3)/C1=C(/O)c1ccccc1. The predicted octanol–water partition coefficient (Wildman–Crippen LogP) is 4.70. The van der Waals surface area contributed by atoms with E-state index in [4.69, 9.17) is 21.1 Å². The highest BCUT2D eigenvalue weighted by molar-refractivity contribution is 6.51. The lowest BCUT2D eigenvalue weighted by molar-refractivity contribution is -0.132. The first kappa shape index (κ1) is 19.2. The number of aliphatic hydroxyl groups excluding tert-OH is 1. The first-order valence-corrected chi connectivity index (χ1v) is 9.94. The smallest absolute Gasteiger partial charge is 0.300 e. The molecule has 7 heteroatoms. The molecule has 0 bridgehead atoms. The molecule has 0 radical (unpaired) electrons. The molecule has 6 nitrogen and oxygen atoms in total. The molecule has 0 aromatic heterocycles. The Morgan fingerprint density at radius 2 is 1.71 bits per heavy atom. The summed E-state index contributed by atoms with van der Waals surface area (Å²) in [4.78, 5) is 27.6. The maximum atomic E-state index is 13.1. The second kappa shape index (κ2) is 7.49. The van der Waals surface area contributed by atoms with Crippen molar-refractivity contribution >= 4 is 34.7 Å². The standard InChI is InChI=1S/C24H16ClNO5/c25-16-7-4-8-17(12-16)26-21(15-9-10-18-19(11-15)31-13-30-18)20(23(28)24(26)29)22(27)14-5-2-1-3-6-14/h1-12,21,27H,13H2/b22-20-. The van der Waals surface area contributed by atoms with Gasteiger partial charge in [0, 0.05) is 16.3 Å².